The summed E-state index contributed by atoms with van der Waals surface area (Å²) in [6.45, 7) is 27.5. The molecule has 0 fully saturated rings. The molecule has 0 unspecified atom stereocenters. The van der Waals surface area contributed by atoms with Gasteiger partial charge in [0.25, 0.3) is 0 Å². The molecule has 0 aliphatic carbocycles. The lowest BCUT2D eigenvalue weighted by Crippen LogP contribution is -2.45. The molecule has 0 N–H and O–H groups in total. The van der Waals surface area contributed by atoms with Crippen LogP contribution in [-0.4, -0.2) is 70.7 Å². The van der Waals surface area contributed by atoms with Crippen LogP contribution in [0, 0.1) is 0 Å². The van der Waals surface area contributed by atoms with Crippen molar-refractivity contribution in [2.75, 3.05) is 52.4 Å². The van der Waals surface area contributed by atoms with E-state index in [0.717, 1.165) is 52.4 Å². The van der Waals surface area contributed by atoms with Crippen LogP contribution in [0.15, 0.2) is 0 Å². The van der Waals surface area contributed by atoms with Gasteiger partial charge in [-0.2, -0.15) is 0 Å². The molecule has 0 radical (unpaired) electrons. The summed E-state index contributed by atoms with van der Waals surface area (Å²) in [6, 6.07) is 0. The monoisotopic (exact) mass is 319 g/mol. The molecule has 0 bridgehead atoms. The minimum atomic E-state index is -1.60. The van der Waals surface area contributed by atoms with Crippen molar-refractivity contribution in [1.29, 1.82) is 0 Å². The first-order chi connectivity index (χ1) is 10.1. The molecule has 0 aromatic carbocycles. The van der Waals surface area contributed by atoms with Gasteiger partial charge in [0.15, 0.2) is 0 Å². The second-order valence-corrected chi connectivity index (χ2v) is 8.43. The summed E-state index contributed by atoms with van der Waals surface area (Å²) in [5.41, 5.74) is 0. The van der Waals surface area contributed by atoms with E-state index in [0.29, 0.717) is 0 Å². The normalized spacial score (nSPS) is 12.7. The Morgan fingerprint density at radius 1 is 0.524 bits per heavy atom. The number of nitrogens with zero attached hydrogens (tertiary/aromatic N) is 4. The van der Waals surface area contributed by atoms with Crippen LogP contribution in [0.5, 0.6) is 0 Å². The summed E-state index contributed by atoms with van der Waals surface area (Å²) in [7, 11) is -1.60. The quantitative estimate of drug-likeness (QED) is 0.534. The Hall–Kier alpha value is 0.110. The Morgan fingerprint density at radius 2 is 0.762 bits per heavy atom. The van der Waals surface area contributed by atoms with E-state index >= 15 is 0 Å². The molecule has 0 rings (SSSR count). The summed E-state index contributed by atoms with van der Waals surface area (Å²) in [4.78, 5) is 0. The number of rotatable bonds is 11. The smallest absolute Gasteiger partial charge is 0.224 e. The van der Waals surface area contributed by atoms with Crippen molar-refractivity contribution >= 4 is 7.51 Å². The van der Waals surface area contributed by atoms with Crippen molar-refractivity contribution in [2.45, 2.75) is 55.4 Å². The van der Waals surface area contributed by atoms with Crippen LogP contribution in [0.3, 0.4) is 0 Å². The van der Waals surface area contributed by atoms with E-state index in [1.54, 1.807) is 0 Å². The summed E-state index contributed by atoms with van der Waals surface area (Å²) < 4.78 is 10.9. The number of hydrogen-bond acceptors (Lipinski definition) is 0. The summed E-state index contributed by atoms with van der Waals surface area (Å²) in [5.74, 6) is 0. The van der Waals surface area contributed by atoms with Gasteiger partial charge in [0.1, 0.15) is 13.1 Å². The maximum absolute atomic E-state index is 2.74. The van der Waals surface area contributed by atoms with Gasteiger partial charge in [-0.3, -0.25) is 0 Å². The fourth-order valence-electron chi connectivity index (χ4n) is 3.49. The Balaban J connectivity index is 6.53. The molecule has 21 heavy (non-hydrogen) atoms. The fraction of sp³-hybridized carbons (Fsp3) is 1.00. The van der Waals surface area contributed by atoms with Gasteiger partial charge in [-0.05, 0) is 13.8 Å². The molecule has 0 saturated heterocycles. The van der Waals surface area contributed by atoms with E-state index in [4.69, 9.17) is 0 Å². The van der Waals surface area contributed by atoms with Crippen molar-refractivity contribution in [1.82, 2.24) is 14.0 Å². The summed E-state index contributed by atoms with van der Waals surface area (Å²) in [6.07, 6.45) is 0. The zero-order chi connectivity index (χ0) is 16.5. The SMILES string of the molecule is CCN(CC)P(N(CC)CC)(N(CC)CC)=[N+](CC)CC. The van der Waals surface area contributed by atoms with Crippen molar-refractivity contribution in [3.63, 3.8) is 0 Å². The first kappa shape index (κ1) is 21.1. The van der Waals surface area contributed by atoms with E-state index in [2.05, 4.69) is 73.7 Å². The zero-order valence-electron chi connectivity index (χ0n) is 15.9. The highest BCUT2D eigenvalue weighted by molar-refractivity contribution is 7.56. The van der Waals surface area contributed by atoms with Gasteiger partial charge in [0.2, 0.25) is 0 Å². The van der Waals surface area contributed by atoms with Crippen molar-refractivity contribution in [3.8, 4) is 0 Å². The molecule has 128 valence electrons. The highest BCUT2D eigenvalue weighted by Crippen LogP contribution is 2.58. The van der Waals surface area contributed by atoms with Crippen molar-refractivity contribution in [2.24, 2.45) is 0 Å². The van der Waals surface area contributed by atoms with Crippen LogP contribution in [0.2, 0.25) is 0 Å². The lowest BCUT2D eigenvalue weighted by molar-refractivity contribution is -0.510. The fourth-order valence-corrected chi connectivity index (χ4v) is 8.67. The van der Waals surface area contributed by atoms with E-state index in [1.165, 1.54) is 0 Å². The lowest BCUT2D eigenvalue weighted by Gasteiger charge is -2.45. The van der Waals surface area contributed by atoms with Gasteiger partial charge in [-0.15, -0.1) is 0 Å². The third-order valence-electron chi connectivity index (χ3n) is 4.44. The zero-order valence-corrected chi connectivity index (χ0v) is 16.8. The Bertz CT molecular complexity index is 274. The molecular weight excluding hydrogens is 279 g/mol. The average molecular weight is 319 g/mol. The standard InChI is InChI=1S/C16H40N4P/c1-9-17(10-2)21(18(11-3)12-4,19(13-5)14-6)20(15-7)16-8/h9-16H2,1-8H3/q+1. The highest BCUT2D eigenvalue weighted by Gasteiger charge is 2.44. The molecule has 0 aliphatic heterocycles. The predicted molar refractivity (Wildman–Crippen MR) is 97.0 cm³/mol. The second-order valence-electron chi connectivity index (χ2n) is 5.09. The molecule has 0 aromatic rings. The summed E-state index contributed by atoms with van der Waals surface area (Å²) in [5, 5.41) is 0. The Labute approximate surface area is 134 Å². The van der Waals surface area contributed by atoms with Crippen molar-refractivity contribution < 1.29 is 4.33 Å². The Morgan fingerprint density at radius 3 is 0.905 bits per heavy atom. The van der Waals surface area contributed by atoms with E-state index in [-0.39, 0.29) is 0 Å². The first-order valence-corrected chi connectivity index (χ1v) is 10.6. The minimum Gasteiger partial charge on any atom is -0.224 e. The maximum atomic E-state index is 2.74. The second kappa shape index (κ2) is 10.8. The average Bonchev–Trinajstić information content (AvgIpc) is 2.51. The molecule has 5 heteroatoms. The van der Waals surface area contributed by atoms with Gasteiger partial charge >= 0.3 is 7.51 Å². The largest absolute Gasteiger partial charge is 0.312 e. The van der Waals surface area contributed by atoms with Crippen LogP contribution in [0.1, 0.15) is 55.4 Å². The predicted octanol–water partition coefficient (Wildman–Crippen LogP) is 4.01. The Kier molecular flexibility index (Phi) is 10.8. The third-order valence-corrected chi connectivity index (χ3v) is 9.74. The molecule has 0 spiro atoms. The summed E-state index contributed by atoms with van der Waals surface area (Å²) >= 11 is 0. The van der Waals surface area contributed by atoms with E-state index < -0.39 is 7.51 Å². The molecule has 0 heterocycles. The van der Waals surface area contributed by atoms with Crippen LogP contribution in [0.25, 0.3) is 0 Å². The molecule has 0 amide bonds. The highest BCUT2D eigenvalue weighted by atomic mass is 31.2. The molecule has 0 aromatic heterocycles. The van der Waals surface area contributed by atoms with Crippen LogP contribution >= 0.6 is 7.51 Å². The molecule has 0 aliphatic rings. The maximum Gasteiger partial charge on any atom is 0.312 e. The first-order valence-electron chi connectivity index (χ1n) is 8.99. The van der Waals surface area contributed by atoms with Gasteiger partial charge < -0.3 is 0 Å². The van der Waals surface area contributed by atoms with Gasteiger partial charge in [-0.25, -0.2) is 18.3 Å². The minimum absolute atomic E-state index is 1.12. The third kappa shape index (κ3) is 4.10. The van der Waals surface area contributed by atoms with Gasteiger partial charge in [0.05, 0.1) is 0 Å². The topological polar surface area (TPSA) is 12.7 Å². The van der Waals surface area contributed by atoms with Gasteiger partial charge in [0, 0.05) is 39.3 Å². The molecule has 0 saturated carbocycles. The van der Waals surface area contributed by atoms with E-state index in [1.807, 2.05) is 0 Å². The molecule has 4 nitrogen and oxygen atoms in total. The van der Waals surface area contributed by atoms with Crippen molar-refractivity contribution in [3.05, 3.63) is 0 Å². The van der Waals surface area contributed by atoms with Crippen LogP contribution < -0.4 is 0 Å². The number of hydrogen-bond donors (Lipinski definition) is 0. The van der Waals surface area contributed by atoms with Crippen LogP contribution in [-0.2, 0) is 0 Å². The van der Waals surface area contributed by atoms with Crippen LogP contribution in [0.4, 0.5) is 0 Å². The lowest BCUT2D eigenvalue weighted by atomic mass is 10.6. The van der Waals surface area contributed by atoms with E-state index in [9.17, 15) is 0 Å². The van der Waals surface area contributed by atoms with Gasteiger partial charge in [-0.1, -0.05) is 41.5 Å². The molecular formula is C16H40N4P+. The molecule has 0 atom stereocenters.